The van der Waals surface area contributed by atoms with Gasteiger partial charge in [-0.3, -0.25) is 12.9 Å². The summed E-state index contributed by atoms with van der Waals surface area (Å²) in [6.07, 6.45) is 0. The van der Waals surface area contributed by atoms with Crippen LogP contribution in [-0.4, -0.2) is 56.5 Å². The second kappa shape index (κ2) is 8.32. The average molecular weight is 232 g/mol. The van der Waals surface area contributed by atoms with E-state index < -0.39 is 7.54 Å². The first-order chi connectivity index (χ1) is 6.06. The molecule has 1 aromatic rings. The predicted octanol–water partition coefficient (Wildman–Crippen LogP) is 2.89. The molecule has 0 radical (unpaired) electrons. The van der Waals surface area contributed by atoms with Crippen molar-refractivity contribution in [3.05, 3.63) is 34.9 Å². The summed E-state index contributed by atoms with van der Waals surface area (Å²) in [5.41, 5.74) is 1.42. The molecule has 0 aromatic heterocycles. The smallest absolute Gasteiger partial charge is 0.254 e. The molecule has 0 aliphatic carbocycles. The van der Waals surface area contributed by atoms with Crippen LogP contribution in [0.2, 0.25) is 5.02 Å². The third-order valence-corrected chi connectivity index (χ3v) is 2.85. The van der Waals surface area contributed by atoms with Gasteiger partial charge in [0.2, 0.25) is 0 Å². The van der Waals surface area contributed by atoms with Crippen molar-refractivity contribution in [2.24, 2.45) is 0 Å². The van der Waals surface area contributed by atoms with Gasteiger partial charge in [0.15, 0.2) is 0 Å². The van der Waals surface area contributed by atoms with Gasteiger partial charge in [-0.25, -0.2) is 0 Å². The second-order valence-electron chi connectivity index (χ2n) is 2.23. The van der Waals surface area contributed by atoms with Crippen molar-refractivity contribution >= 4 is 68.1 Å². The first kappa shape index (κ1) is 14.0. The SMILES string of the molecule is Clc1ccc([CH2][K])cc1.FB(F)F. The van der Waals surface area contributed by atoms with Gasteiger partial charge in [-0.15, -0.1) is 0 Å². The Morgan fingerprint density at radius 1 is 1.15 bits per heavy atom. The molecule has 0 saturated carbocycles. The Hall–Kier alpha value is 1.00. The van der Waals surface area contributed by atoms with Crippen molar-refractivity contribution in [2.75, 3.05) is 0 Å². The largest absolute Gasteiger partial charge is 0.762 e. The maximum Gasteiger partial charge on any atom is 0.762 e. The first-order valence-electron chi connectivity index (χ1n) is 3.73. The molecule has 0 heterocycles. The molecule has 1 rings (SSSR count). The summed E-state index contributed by atoms with van der Waals surface area (Å²) in [4.78, 5) is 0. The zero-order valence-electron chi connectivity index (χ0n) is 7.11. The van der Waals surface area contributed by atoms with E-state index in [1.54, 1.807) is 0 Å². The normalized spacial score (nSPS) is 8.77. The third-order valence-electron chi connectivity index (χ3n) is 1.32. The molecule has 0 bridgehead atoms. The van der Waals surface area contributed by atoms with Crippen molar-refractivity contribution in [1.82, 2.24) is 0 Å². The van der Waals surface area contributed by atoms with E-state index in [4.69, 9.17) is 11.6 Å². The quantitative estimate of drug-likeness (QED) is 0.653. The van der Waals surface area contributed by atoms with Crippen LogP contribution in [0, 0.1) is 0 Å². The standard InChI is InChI=1S/C7H6Cl.BF3.K/c1-6-2-4-7(8)5-3-6;2-1(3)4;/h2-5H,1H2;;. The minimum Gasteiger partial charge on any atom is -0.254 e. The Labute approximate surface area is 115 Å². The molecule has 0 N–H and O–H groups in total. The summed E-state index contributed by atoms with van der Waals surface area (Å²) < 4.78 is 30.3. The molecule has 66 valence electrons. The molecule has 0 unspecified atom stereocenters. The summed E-state index contributed by atoms with van der Waals surface area (Å²) in [6.45, 7) is 0. The Bertz CT molecular complexity index is 227. The van der Waals surface area contributed by atoms with Crippen LogP contribution in [0.25, 0.3) is 0 Å². The van der Waals surface area contributed by atoms with E-state index >= 15 is 0 Å². The van der Waals surface area contributed by atoms with E-state index in [-0.39, 0.29) is 0 Å². The van der Waals surface area contributed by atoms with Gasteiger partial charge in [0.1, 0.15) is 0 Å². The molecule has 0 aliphatic rings. The number of rotatable bonds is 1. The minimum atomic E-state index is -3.67. The summed E-state index contributed by atoms with van der Waals surface area (Å²) in [5, 5.41) is 0.833. The maximum atomic E-state index is 9.67. The Morgan fingerprint density at radius 3 is 1.85 bits per heavy atom. The summed E-state index contributed by atoms with van der Waals surface area (Å²) >= 11 is 6.60. The molecule has 0 atom stereocenters. The van der Waals surface area contributed by atoms with Gasteiger partial charge in [-0.2, -0.15) is 0 Å². The van der Waals surface area contributed by atoms with Gasteiger partial charge in [0.05, 0.1) is 0 Å². The molecule has 0 aliphatic heterocycles. The van der Waals surface area contributed by atoms with Crippen LogP contribution in [0.5, 0.6) is 0 Å². The second-order valence-corrected chi connectivity index (χ2v) is 3.77. The van der Waals surface area contributed by atoms with E-state index in [9.17, 15) is 12.9 Å². The van der Waals surface area contributed by atoms with E-state index in [0.717, 1.165) is 54.0 Å². The van der Waals surface area contributed by atoms with Crippen LogP contribution in [0.3, 0.4) is 0 Å². The molecule has 13 heavy (non-hydrogen) atoms. The summed E-state index contributed by atoms with van der Waals surface area (Å²) in [7, 11) is -3.67. The van der Waals surface area contributed by atoms with E-state index in [1.807, 2.05) is 12.1 Å². The van der Waals surface area contributed by atoms with Crippen LogP contribution in [0.15, 0.2) is 24.3 Å². The Morgan fingerprint density at radius 2 is 1.54 bits per heavy atom. The zero-order valence-corrected chi connectivity index (χ0v) is 11.0. The van der Waals surface area contributed by atoms with Crippen LogP contribution in [-0.2, 0) is 0.515 Å². The fraction of sp³-hybridized carbons (Fsp3) is 0.143. The van der Waals surface area contributed by atoms with Crippen LogP contribution in [0.4, 0.5) is 12.9 Å². The van der Waals surface area contributed by atoms with Crippen LogP contribution in [0.1, 0.15) is 5.56 Å². The molecule has 6 heteroatoms. The number of halogens is 4. The van der Waals surface area contributed by atoms with Crippen molar-refractivity contribution in [2.45, 2.75) is 0.515 Å². The average Bonchev–Trinajstić information content (AvgIpc) is 2.05. The molecular formula is C7H6BClF3K. The monoisotopic (exact) mass is 232 g/mol. The Kier molecular flexibility index (Phi) is 8.96. The maximum absolute atomic E-state index is 9.67. The number of benzene rings is 1. The molecule has 0 amide bonds. The van der Waals surface area contributed by atoms with Crippen LogP contribution >= 0.6 is 11.6 Å². The van der Waals surface area contributed by atoms with Gasteiger partial charge in [0, 0.05) is 0 Å². The van der Waals surface area contributed by atoms with E-state index in [1.165, 1.54) is 6.08 Å². The van der Waals surface area contributed by atoms with Gasteiger partial charge in [0.25, 0.3) is 0 Å². The first-order valence-corrected chi connectivity index (χ1v) is 6.31. The number of hydrogen-bond acceptors (Lipinski definition) is 0. The molecule has 0 saturated heterocycles. The molecule has 1 aromatic carbocycles. The van der Waals surface area contributed by atoms with Gasteiger partial charge in [-0.05, 0) is 0 Å². The van der Waals surface area contributed by atoms with Crippen molar-refractivity contribution in [3.8, 4) is 0 Å². The zero-order chi connectivity index (χ0) is 10.3. The van der Waals surface area contributed by atoms with Gasteiger partial charge < -0.3 is 0 Å². The van der Waals surface area contributed by atoms with Crippen molar-refractivity contribution in [3.63, 3.8) is 0 Å². The predicted molar refractivity (Wildman–Crippen MR) is 50.0 cm³/mol. The topological polar surface area (TPSA) is 0 Å². The minimum absolute atomic E-state index is 0.833. The van der Waals surface area contributed by atoms with Gasteiger partial charge >= 0.3 is 103 Å². The molecule has 0 spiro atoms. The molecule has 0 nitrogen and oxygen atoms in total. The Balaban J connectivity index is 0.000000310. The van der Waals surface area contributed by atoms with Crippen molar-refractivity contribution in [1.29, 1.82) is 0 Å². The van der Waals surface area contributed by atoms with Gasteiger partial charge in [-0.1, -0.05) is 0 Å². The summed E-state index contributed by atoms with van der Waals surface area (Å²) in [5.74, 6) is 0. The molecule has 0 fully saturated rings. The number of hydrogen-bond donors (Lipinski definition) is 0. The van der Waals surface area contributed by atoms with Crippen LogP contribution < -0.4 is 0 Å². The summed E-state index contributed by atoms with van der Waals surface area (Å²) in [6, 6.07) is 8.08. The fourth-order valence-electron chi connectivity index (χ4n) is 0.720. The third kappa shape index (κ3) is 9.31. The van der Waals surface area contributed by atoms with E-state index in [2.05, 4.69) is 12.1 Å². The molecular weight excluding hydrogens is 226 g/mol. The fourth-order valence-corrected chi connectivity index (χ4v) is 1.58. The van der Waals surface area contributed by atoms with Crippen molar-refractivity contribution < 1.29 is 12.9 Å². The van der Waals surface area contributed by atoms with E-state index in [0.29, 0.717) is 0 Å².